The van der Waals surface area contributed by atoms with Crippen LogP contribution in [0.25, 0.3) is 0 Å². The van der Waals surface area contributed by atoms with Crippen molar-refractivity contribution in [1.82, 2.24) is 0 Å². The topological polar surface area (TPSA) is 9.23 Å². The minimum absolute atomic E-state index is 0.0425. The molecule has 1 nitrogen and oxygen atoms in total. The molecule has 0 aliphatic carbocycles. The van der Waals surface area contributed by atoms with E-state index in [4.69, 9.17) is 4.43 Å². The average molecular weight is 387 g/mol. The lowest BCUT2D eigenvalue weighted by molar-refractivity contribution is -0.137. The maximum Gasteiger partial charge on any atom is 0.416 e. The second kappa shape index (κ2) is 6.66. The first-order chi connectivity index (χ1) is 11.6. The van der Waals surface area contributed by atoms with E-state index in [2.05, 4.69) is 55.4 Å². The van der Waals surface area contributed by atoms with Gasteiger partial charge in [-0.1, -0.05) is 67.5 Å². The smallest absolute Gasteiger partial charge is 0.409 e. The summed E-state index contributed by atoms with van der Waals surface area (Å²) in [6, 6.07) is 5.55. The van der Waals surface area contributed by atoms with E-state index < -0.39 is 20.1 Å². The molecule has 0 N–H and O–H groups in total. The van der Waals surface area contributed by atoms with Crippen LogP contribution in [-0.4, -0.2) is 8.32 Å². The fourth-order valence-electron chi connectivity index (χ4n) is 5.18. The minimum Gasteiger partial charge on any atom is -0.409 e. The van der Waals surface area contributed by atoms with Crippen LogP contribution in [0.1, 0.15) is 79.0 Å². The van der Waals surface area contributed by atoms with Gasteiger partial charge in [0, 0.05) is 0 Å². The highest BCUT2D eigenvalue weighted by atomic mass is 28.4. The molecule has 1 aromatic rings. The van der Waals surface area contributed by atoms with Crippen molar-refractivity contribution in [2.24, 2.45) is 5.92 Å². The second-order valence-electron chi connectivity index (χ2n) is 10.0. The Morgan fingerprint density at radius 1 is 0.923 bits per heavy atom. The second-order valence-corrected chi connectivity index (χ2v) is 15.5. The van der Waals surface area contributed by atoms with E-state index >= 15 is 0 Å². The van der Waals surface area contributed by atoms with E-state index in [1.807, 2.05) is 0 Å². The molecule has 1 aromatic carbocycles. The third-order valence-corrected chi connectivity index (χ3v) is 13.0. The summed E-state index contributed by atoms with van der Waals surface area (Å²) < 4.78 is 45.5. The van der Waals surface area contributed by atoms with Gasteiger partial charge in [0.1, 0.15) is 0 Å². The Balaban J connectivity index is 2.46. The number of halogens is 3. The molecule has 26 heavy (non-hydrogen) atoms. The molecule has 0 aromatic heterocycles. The van der Waals surface area contributed by atoms with Gasteiger partial charge < -0.3 is 4.43 Å². The molecule has 148 valence electrons. The molecule has 0 bridgehead atoms. The summed E-state index contributed by atoms with van der Waals surface area (Å²) in [4.78, 5) is 0. The van der Waals surface area contributed by atoms with E-state index in [0.29, 0.717) is 11.5 Å². The fourth-order valence-corrected chi connectivity index (χ4v) is 12.7. The first-order valence-electron chi connectivity index (χ1n) is 9.46. The molecule has 1 fully saturated rings. The van der Waals surface area contributed by atoms with Gasteiger partial charge in [-0.25, -0.2) is 0 Å². The Labute approximate surface area is 157 Å². The Hall–Kier alpha value is -0.813. The molecule has 0 spiro atoms. The monoisotopic (exact) mass is 386 g/mol. The van der Waals surface area contributed by atoms with Crippen molar-refractivity contribution in [3.63, 3.8) is 0 Å². The number of benzene rings is 1. The lowest BCUT2D eigenvalue weighted by Gasteiger charge is -2.52. The van der Waals surface area contributed by atoms with Crippen LogP contribution < -0.4 is 0 Å². The van der Waals surface area contributed by atoms with Crippen molar-refractivity contribution < 1.29 is 17.6 Å². The van der Waals surface area contributed by atoms with Crippen molar-refractivity contribution in [1.29, 1.82) is 0 Å². The van der Waals surface area contributed by atoms with E-state index in [0.717, 1.165) is 12.0 Å². The van der Waals surface area contributed by atoms with Gasteiger partial charge in [0.05, 0.1) is 11.7 Å². The number of hydrogen-bond acceptors (Lipinski definition) is 1. The molecule has 0 radical (unpaired) electrons. The van der Waals surface area contributed by atoms with Crippen molar-refractivity contribution in [3.8, 4) is 0 Å². The first-order valence-corrected chi connectivity index (χ1v) is 11.4. The van der Waals surface area contributed by atoms with E-state index in [1.165, 1.54) is 12.1 Å². The third-order valence-electron chi connectivity index (χ3n) is 5.96. The predicted molar refractivity (Wildman–Crippen MR) is 104 cm³/mol. The van der Waals surface area contributed by atoms with Crippen molar-refractivity contribution >= 4 is 8.32 Å². The quantitative estimate of drug-likeness (QED) is 0.472. The fraction of sp³-hybridized carbons (Fsp3) is 0.714. The predicted octanol–water partition coefficient (Wildman–Crippen LogP) is 7.74. The molecule has 2 rings (SSSR count). The normalized spacial score (nSPS) is 24.3. The van der Waals surface area contributed by atoms with Crippen LogP contribution >= 0.6 is 0 Å². The minimum atomic E-state index is -4.30. The van der Waals surface area contributed by atoms with Crippen molar-refractivity contribution in [3.05, 3.63) is 35.4 Å². The zero-order valence-electron chi connectivity index (χ0n) is 17.3. The van der Waals surface area contributed by atoms with E-state index in [9.17, 15) is 13.2 Å². The number of alkyl halides is 3. The molecule has 1 saturated heterocycles. The van der Waals surface area contributed by atoms with Gasteiger partial charge in [-0.05, 0) is 45.7 Å². The van der Waals surface area contributed by atoms with Gasteiger partial charge in [0.15, 0.2) is 0 Å². The molecule has 1 heterocycles. The lowest BCUT2D eigenvalue weighted by Crippen LogP contribution is -2.56. The molecular weight excluding hydrogens is 353 g/mol. The summed E-state index contributed by atoms with van der Waals surface area (Å²) in [7, 11) is -2.25. The van der Waals surface area contributed by atoms with Gasteiger partial charge in [0.2, 0.25) is 8.32 Å². The summed E-state index contributed by atoms with van der Waals surface area (Å²) in [6.45, 7) is 18.1. The summed E-state index contributed by atoms with van der Waals surface area (Å²) in [6.07, 6.45) is -3.52. The summed E-state index contributed by atoms with van der Waals surface area (Å²) in [5, 5.41) is 0.0850. The highest BCUT2D eigenvalue weighted by molar-refractivity contribution is 6.81. The molecule has 5 heteroatoms. The maximum atomic E-state index is 12.9. The van der Waals surface area contributed by atoms with Gasteiger partial charge in [-0.2, -0.15) is 13.2 Å². The summed E-state index contributed by atoms with van der Waals surface area (Å²) in [5.74, 6) is 0.486. The molecule has 0 amide bonds. The highest BCUT2D eigenvalue weighted by Crippen LogP contribution is 2.66. The summed E-state index contributed by atoms with van der Waals surface area (Å²) >= 11 is 0. The van der Waals surface area contributed by atoms with Gasteiger partial charge >= 0.3 is 6.18 Å². The number of hydrogen-bond donors (Lipinski definition) is 0. The Morgan fingerprint density at radius 2 is 1.38 bits per heavy atom. The Morgan fingerprint density at radius 3 is 1.69 bits per heavy atom. The maximum absolute atomic E-state index is 12.9. The van der Waals surface area contributed by atoms with Gasteiger partial charge in [-0.15, -0.1) is 0 Å². The number of rotatable bonds is 2. The van der Waals surface area contributed by atoms with Crippen molar-refractivity contribution in [2.75, 3.05) is 0 Å². The molecule has 0 unspecified atom stereocenters. The van der Waals surface area contributed by atoms with Crippen LogP contribution in [0, 0.1) is 5.92 Å². The van der Waals surface area contributed by atoms with E-state index in [-0.39, 0.29) is 16.2 Å². The first kappa shape index (κ1) is 21.5. The average Bonchev–Trinajstić information content (AvgIpc) is 2.88. The SMILES string of the molecule is CC(C)[C@H]1C[C@@H](c2ccc(C(F)(F)F)cc2)O[Si]1(C(C)(C)C)C(C)(C)C. The van der Waals surface area contributed by atoms with Gasteiger partial charge in [0.25, 0.3) is 0 Å². The van der Waals surface area contributed by atoms with Crippen LogP contribution in [0.3, 0.4) is 0 Å². The molecular formula is C21H33F3OSi. The molecule has 0 saturated carbocycles. The highest BCUT2D eigenvalue weighted by Gasteiger charge is 2.64. The lowest BCUT2D eigenvalue weighted by atomic mass is 9.98. The van der Waals surface area contributed by atoms with Crippen LogP contribution in [0.4, 0.5) is 13.2 Å². The van der Waals surface area contributed by atoms with Crippen molar-refractivity contribution in [2.45, 2.75) is 89.7 Å². The molecule has 2 atom stereocenters. The zero-order valence-corrected chi connectivity index (χ0v) is 18.3. The van der Waals surface area contributed by atoms with Gasteiger partial charge in [-0.3, -0.25) is 0 Å². The molecule has 1 aliphatic heterocycles. The van der Waals surface area contributed by atoms with Crippen LogP contribution in [-0.2, 0) is 10.6 Å². The summed E-state index contributed by atoms with van der Waals surface area (Å²) in [5.41, 5.74) is 0.733. The Bertz CT molecular complexity index is 607. The third kappa shape index (κ3) is 3.62. The molecule has 1 aliphatic rings. The van der Waals surface area contributed by atoms with Crippen LogP contribution in [0.5, 0.6) is 0 Å². The van der Waals surface area contributed by atoms with Crippen LogP contribution in [0.15, 0.2) is 24.3 Å². The Kier molecular flexibility index (Phi) is 5.50. The largest absolute Gasteiger partial charge is 0.416 e. The zero-order chi connectivity index (χ0) is 20.1. The van der Waals surface area contributed by atoms with Crippen LogP contribution in [0.2, 0.25) is 15.6 Å². The standard InChI is InChI=1S/C21H33F3OSi/c1-14(2)18-13-17(15-9-11-16(12-10-15)21(22,23)24)25-26(18,19(3,4)5)20(6,7)8/h9-12,14,17-18H,13H2,1-8H3/t17-,18+/m0/s1. The van der Waals surface area contributed by atoms with E-state index in [1.54, 1.807) is 12.1 Å².